The molecule has 0 aromatic carbocycles. The molecule has 0 saturated carbocycles. The summed E-state index contributed by atoms with van der Waals surface area (Å²) in [6.07, 6.45) is 4.31. The lowest BCUT2D eigenvalue weighted by Crippen LogP contribution is -2.37. The second-order valence-electron chi connectivity index (χ2n) is 5.03. The highest BCUT2D eigenvalue weighted by Crippen LogP contribution is 2.04. The van der Waals surface area contributed by atoms with Crippen LogP contribution in [0.4, 0.5) is 0 Å². The van der Waals surface area contributed by atoms with Gasteiger partial charge in [0.05, 0.1) is 6.61 Å². The van der Waals surface area contributed by atoms with Crippen LogP contribution in [0.25, 0.3) is 0 Å². The SMILES string of the molecule is CCCOc1cccn(CC(=O)N(CCC)CCC)c1=O. The summed E-state index contributed by atoms with van der Waals surface area (Å²) in [4.78, 5) is 26.3. The van der Waals surface area contributed by atoms with E-state index in [-0.39, 0.29) is 18.0 Å². The first kappa shape index (κ1) is 17.3. The highest BCUT2D eigenvalue weighted by Gasteiger charge is 2.14. The predicted molar refractivity (Wildman–Crippen MR) is 83.7 cm³/mol. The molecule has 1 aromatic heterocycles. The summed E-state index contributed by atoms with van der Waals surface area (Å²) >= 11 is 0. The van der Waals surface area contributed by atoms with Gasteiger partial charge in [0, 0.05) is 19.3 Å². The van der Waals surface area contributed by atoms with Crippen LogP contribution in [0.3, 0.4) is 0 Å². The van der Waals surface area contributed by atoms with Gasteiger partial charge in [0.25, 0.3) is 5.56 Å². The average molecular weight is 294 g/mol. The Labute approximate surface area is 126 Å². The van der Waals surface area contributed by atoms with Crippen LogP contribution < -0.4 is 10.3 Å². The largest absolute Gasteiger partial charge is 0.488 e. The number of aromatic nitrogens is 1. The monoisotopic (exact) mass is 294 g/mol. The van der Waals surface area contributed by atoms with Crippen molar-refractivity contribution in [2.75, 3.05) is 19.7 Å². The van der Waals surface area contributed by atoms with Crippen LogP contribution in [0, 0.1) is 0 Å². The van der Waals surface area contributed by atoms with Crippen molar-refractivity contribution in [3.8, 4) is 5.75 Å². The van der Waals surface area contributed by atoms with Crippen LogP contribution in [0.15, 0.2) is 23.1 Å². The Morgan fingerprint density at radius 3 is 2.43 bits per heavy atom. The summed E-state index contributed by atoms with van der Waals surface area (Å²) in [5.41, 5.74) is -0.243. The molecule has 118 valence electrons. The van der Waals surface area contributed by atoms with Gasteiger partial charge in [-0.3, -0.25) is 9.59 Å². The maximum Gasteiger partial charge on any atom is 0.293 e. The van der Waals surface area contributed by atoms with Crippen LogP contribution in [-0.2, 0) is 11.3 Å². The Kier molecular flexibility index (Phi) is 7.58. The van der Waals surface area contributed by atoms with E-state index in [4.69, 9.17) is 4.74 Å². The van der Waals surface area contributed by atoms with Crippen LogP contribution in [-0.4, -0.2) is 35.1 Å². The lowest BCUT2D eigenvalue weighted by molar-refractivity contribution is -0.132. The van der Waals surface area contributed by atoms with E-state index in [9.17, 15) is 9.59 Å². The number of hydrogen-bond acceptors (Lipinski definition) is 3. The highest BCUT2D eigenvalue weighted by atomic mass is 16.5. The third kappa shape index (κ3) is 5.25. The molecule has 0 fully saturated rings. The van der Waals surface area contributed by atoms with Crippen molar-refractivity contribution >= 4 is 5.91 Å². The van der Waals surface area contributed by atoms with Gasteiger partial charge < -0.3 is 14.2 Å². The minimum absolute atomic E-state index is 0.0200. The van der Waals surface area contributed by atoms with Crippen molar-refractivity contribution in [1.29, 1.82) is 0 Å². The van der Waals surface area contributed by atoms with Crippen molar-refractivity contribution in [2.45, 2.75) is 46.6 Å². The minimum Gasteiger partial charge on any atom is -0.488 e. The van der Waals surface area contributed by atoms with E-state index < -0.39 is 0 Å². The van der Waals surface area contributed by atoms with Gasteiger partial charge in [-0.25, -0.2) is 0 Å². The maximum atomic E-state index is 12.3. The van der Waals surface area contributed by atoms with Crippen molar-refractivity contribution in [2.24, 2.45) is 0 Å². The van der Waals surface area contributed by atoms with Crippen LogP contribution in [0.2, 0.25) is 0 Å². The maximum absolute atomic E-state index is 12.3. The van der Waals surface area contributed by atoms with E-state index in [2.05, 4.69) is 0 Å². The third-order valence-electron chi connectivity index (χ3n) is 3.09. The second-order valence-corrected chi connectivity index (χ2v) is 5.03. The summed E-state index contributed by atoms with van der Waals surface area (Å²) < 4.78 is 6.83. The fourth-order valence-electron chi connectivity index (χ4n) is 2.11. The van der Waals surface area contributed by atoms with E-state index in [1.165, 1.54) is 4.57 Å². The molecule has 0 unspecified atom stereocenters. The van der Waals surface area contributed by atoms with Crippen LogP contribution in [0.1, 0.15) is 40.0 Å². The Bertz CT molecular complexity index is 491. The smallest absolute Gasteiger partial charge is 0.293 e. The number of amides is 1. The van der Waals surface area contributed by atoms with Crippen molar-refractivity contribution in [3.63, 3.8) is 0 Å². The molecule has 1 amide bonds. The molecule has 0 saturated heterocycles. The fourth-order valence-corrected chi connectivity index (χ4v) is 2.11. The molecule has 0 spiro atoms. The Morgan fingerprint density at radius 2 is 1.86 bits per heavy atom. The first-order chi connectivity index (χ1) is 10.1. The number of hydrogen-bond donors (Lipinski definition) is 0. The van der Waals surface area contributed by atoms with E-state index in [1.54, 1.807) is 18.3 Å². The highest BCUT2D eigenvalue weighted by molar-refractivity contribution is 5.76. The molecule has 5 nitrogen and oxygen atoms in total. The molecule has 0 aliphatic rings. The number of carbonyl (C=O) groups is 1. The van der Waals surface area contributed by atoms with E-state index in [1.807, 2.05) is 25.7 Å². The van der Waals surface area contributed by atoms with E-state index in [0.29, 0.717) is 12.4 Å². The number of ether oxygens (including phenoxy) is 1. The molecule has 0 N–H and O–H groups in total. The quantitative estimate of drug-likeness (QED) is 0.702. The molecule has 1 heterocycles. The molecule has 0 aliphatic carbocycles. The molecule has 0 atom stereocenters. The molecule has 0 bridgehead atoms. The third-order valence-corrected chi connectivity index (χ3v) is 3.09. The number of carbonyl (C=O) groups excluding carboxylic acids is 1. The lowest BCUT2D eigenvalue weighted by atomic mass is 10.3. The zero-order valence-electron chi connectivity index (χ0n) is 13.3. The van der Waals surface area contributed by atoms with Gasteiger partial charge in [0.15, 0.2) is 5.75 Å². The van der Waals surface area contributed by atoms with E-state index >= 15 is 0 Å². The first-order valence-corrected chi connectivity index (χ1v) is 7.74. The molecular formula is C16H26N2O3. The van der Waals surface area contributed by atoms with Gasteiger partial charge in [0.1, 0.15) is 6.54 Å². The summed E-state index contributed by atoms with van der Waals surface area (Å²) in [6.45, 7) is 8.11. The van der Waals surface area contributed by atoms with Crippen molar-refractivity contribution < 1.29 is 9.53 Å². The van der Waals surface area contributed by atoms with Gasteiger partial charge in [-0.1, -0.05) is 20.8 Å². The number of rotatable bonds is 9. The van der Waals surface area contributed by atoms with E-state index in [0.717, 1.165) is 32.4 Å². The number of nitrogens with zero attached hydrogens (tertiary/aromatic N) is 2. The molecule has 21 heavy (non-hydrogen) atoms. The molecule has 1 rings (SSSR count). The summed E-state index contributed by atoms with van der Waals surface area (Å²) in [7, 11) is 0. The molecule has 1 aromatic rings. The second kappa shape index (κ2) is 9.21. The van der Waals surface area contributed by atoms with Gasteiger partial charge in [-0.2, -0.15) is 0 Å². The molecular weight excluding hydrogens is 268 g/mol. The average Bonchev–Trinajstić information content (AvgIpc) is 2.48. The Hall–Kier alpha value is -1.78. The zero-order valence-corrected chi connectivity index (χ0v) is 13.3. The molecule has 0 radical (unpaired) electrons. The molecule has 0 aliphatic heterocycles. The molecule has 5 heteroatoms. The normalized spacial score (nSPS) is 10.4. The van der Waals surface area contributed by atoms with Gasteiger partial charge in [-0.15, -0.1) is 0 Å². The fraction of sp³-hybridized carbons (Fsp3) is 0.625. The van der Waals surface area contributed by atoms with Crippen molar-refractivity contribution in [3.05, 3.63) is 28.7 Å². The summed E-state index contributed by atoms with van der Waals surface area (Å²) in [5, 5.41) is 0. The summed E-state index contributed by atoms with van der Waals surface area (Å²) in [5.74, 6) is 0.290. The summed E-state index contributed by atoms with van der Waals surface area (Å²) in [6, 6.07) is 3.39. The van der Waals surface area contributed by atoms with Gasteiger partial charge >= 0.3 is 0 Å². The predicted octanol–water partition coefficient (Wildman–Crippen LogP) is 2.29. The lowest BCUT2D eigenvalue weighted by Gasteiger charge is -2.22. The van der Waals surface area contributed by atoms with Crippen LogP contribution in [0.5, 0.6) is 5.75 Å². The zero-order chi connectivity index (χ0) is 15.7. The minimum atomic E-state index is -0.243. The number of pyridine rings is 1. The Balaban J connectivity index is 2.81. The Morgan fingerprint density at radius 1 is 1.19 bits per heavy atom. The topological polar surface area (TPSA) is 51.5 Å². The van der Waals surface area contributed by atoms with Gasteiger partial charge in [-0.05, 0) is 31.4 Å². The standard InChI is InChI=1S/C16H26N2O3/c1-4-9-17(10-5-2)15(19)13-18-11-7-8-14(16(18)20)21-12-6-3/h7-8,11H,4-6,9-10,12-13H2,1-3H3. The van der Waals surface area contributed by atoms with Crippen molar-refractivity contribution in [1.82, 2.24) is 9.47 Å². The van der Waals surface area contributed by atoms with Crippen LogP contribution >= 0.6 is 0 Å². The van der Waals surface area contributed by atoms with Gasteiger partial charge in [0.2, 0.25) is 5.91 Å². The first-order valence-electron chi connectivity index (χ1n) is 7.74.